The van der Waals surface area contributed by atoms with Crippen LogP contribution in [-0.2, 0) is 24.2 Å². The van der Waals surface area contributed by atoms with E-state index < -0.39 is 50.0 Å². The number of alkyl carbamates (subject to hydrolysis) is 1. The van der Waals surface area contributed by atoms with E-state index in [0.717, 1.165) is 6.26 Å². The minimum absolute atomic E-state index is 0.0756. The van der Waals surface area contributed by atoms with Gasteiger partial charge in [-0.15, -0.1) is 0 Å². The van der Waals surface area contributed by atoms with Crippen molar-refractivity contribution < 1.29 is 37.2 Å². The quantitative estimate of drug-likeness (QED) is 0.674. The molecule has 1 N–H and O–H groups in total. The molecule has 1 heterocycles. The van der Waals surface area contributed by atoms with Gasteiger partial charge < -0.3 is 14.9 Å². The van der Waals surface area contributed by atoms with Gasteiger partial charge in [-0.2, -0.15) is 0 Å². The number of hydrogen-bond donors (Lipinski definition) is 1. The van der Waals surface area contributed by atoms with Crippen LogP contribution in [0.1, 0.15) is 47.9 Å². The summed E-state index contributed by atoms with van der Waals surface area (Å²) in [7, 11) is -3.66. The number of carbonyl (C=O) groups is 4. The molecule has 0 radical (unpaired) electrons. The van der Waals surface area contributed by atoms with E-state index in [4.69, 9.17) is 9.57 Å². The maximum absolute atomic E-state index is 12.9. The largest absolute Gasteiger partial charge is 0.444 e. The van der Waals surface area contributed by atoms with Gasteiger partial charge in [-0.3, -0.25) is 9.59 Å². The number of hydrogen-bond acceptors (Lipinski definition) is 8. The van der Waals surface area contributed by atoms with Gasteiger partial charge in [0.2, 0.25) is 0 Å². The van der Waals surface area contributed by atoms with Crippen LogP contribution < -0.4 is 5.32 Å². The summed E-state index contributed by atoms with van der Waals surface area (Å²) in [6.45, 7) is 4.56. The Morgan fingerprint density at radius 1 is 1.17 bits per heavy atom. The number of amides is 3. The molecule has 1 aliphatic heterocycles. The van der Waals surface area contributed by atoms with E-state index in [2.05, 4.69) is 5.32 Å². The van der Waals surface area contributed by atoms with Crippen molar-refractivity contribution in [3.05, 3.63) is 35.4 Å². The lowest BCUT2D eigenvalue weighted by Crippen LogP contribution is -2.43. The van der Waals surface area contributed by atoms with Gasteiger partial charge in [0.1, 0.15) is 11.0 Å². The Bertz CT molecular complexity index is 1010. The molecule has 3 amide bonds. The van der Waals surface area contributed by atoms with Crippen molar-refractivity contribution in [2.75, 3.05) is 12.8 Å². The fourth-order valence-corrected chi connectivity index (χ4v) is 4.87. The minimum atomic E-state index is -3.66. The Hall–Kier alpha value is -2.95. The number of ether oxygens (including phenoxy) is 1. The van der Waals surface area contributed by atoms with E-state index in [-0.39, 0.29) is 24.1 Å². The number of nitrogens with zero attached hydrogens (tertiary/aromatic N) is 1. The summed E-state index contributed by atoms with van der Waals surface area (Å²) in [5, 5.41) is 1.57. The van der Waals surface area contributed by atoms with Crippen LogP contribution >= 0.6 is 0 Å². The first-order valence-corrected chi connectivity index (χ1v) is 11.1. The first-order valence-electron chi connectivity index (χ1n) is 9.12. The summed E-state index contributed by atoms with van der Waals surface area (Å²) in [6.07, 6.45) is 0.000731. The van der Waals surface area contributed by atoms with Crippen LogP contribution in [0, 0.1) is 5.41 Å². The average molecular weight is 438 g/mol. The van der Waals surface area contributed by atoms with Crippen molar-refractivity contribution in [3.63, 3.8) is 0 Å². The maximum atomic E-state index is 12.9. The van der Waals surface area contributed by atoms with Gasteiger partial charge in [-0.05, 0) is 39.3 Å². The summed E-state index contributed by atoms with van der Waals surface area (Å²) in [6, 6.07) is 5.95. The highest BCUT2D eigenvalue weighted by molar-refractivity contribution is 7.91. The van der Waals surface area contributed by atoms with Crippen LogP contribution in [0.15, 0.2) is 24.3 Å². The second-order valence-corrected chi connectivity index (χ2v) is 10.6. The molecule has 2 atom stereocenters. The molecule has 1 fully saturated rings. The van der Waals surface area contributed by atoms with Crippen LogP contribution in [0.2, 0.25) is 0 Å². The standard InChI is InChI=1S/C19H22N2O8S/c1-18(2,3)28-17(25)20-10-19(9-13(19)30(4,26)27)16(24)29-21-14(22)11-7-5-6-8-12(11)15(21)23/h5-8,13H,9-10H2,1-4H3,(H,20,25). The SMILES string of the molecule is CC(C)(C)OC(=O)NCC1(C(=O)ON2C(=O)c3ccccc3C2=O)CC1S(C)(=O)=O. The molecule has 0 saturated heterocycles. The van der Waals surface area contributed by atoms with Crippen LogP contribution in [0.25, 0.3) is 0 Å². The second kappa shape index (κ2) is 7.08. The van der Waals surface area contributed by atoms with Gasteiger partial charge in [0, 0.05) is 12.8 Å². The lowest BCUT2D eigenvalue weighted by molar-refractivity contribution is -0.175. The summed E-state index contributed by atoms with van der Waals surface area (Å²) in [5.74, 6) is -2.74. The Morgan fingerprint density at radius 3 is 2.13 bits per heavy atom. The highest BCUT2D eigenvalue weighted by Crippen LogP contribution is 2.51. The topological polar surface area (TPSA) is 136 Å². The van der Waals surface area contributed by atoms with Gasteiger partial charge in [-0.25, -0.2) is 18.0 Å². The van der Waals surface area contributed by atoms with Crippen molar-refractivity contribution in [2.45, 2.75) is 38.0 Å². The molecule has 10 nitrogen and oxygen atoms in total. The van der Waals surface area contributed by atoms with Crippen LogP contribution in [0.3, 0.4) is 0 Å². The maximum Gasteiger partial charge on any atom is 0.407 e. The zero-order valence-electron chi connectivity index (χ0n) is 16.9. The molecule has 2 unspecified atom stereocenters. The van der Waals surface area contributed by atoms with Gasteiger partial charge in [-0.1, -0.05) is 17.2 Å². The molecule has 1 aliphatic carbocycles. The van der Waals surface area contributed by atoms with Crippen LogP contribution in [-0.4, -0.2) is 61.0 Å². The molecule has 2 aliphatic rings. The summed E-state index contributed by atoms with van der Waals surface area (Å²) in [5.41, 5.74) is -2.27. The van der Waals surface area contributed by atoms with Gasteiger partial charge in [0.05, 0.1) is 16.4 Å². The van der Waals surface area contributed by atoms with E-state index in [1.54, 1.807) is 32.9 Å². The average Bonchev–Trinajstić information content (AvgIpc) is 3.34. The van der Waals surface area contributed by atoms with E-state index in [1.165, 1.54) is 12.1 Å². The fourth-order valence-electron chi connectivity index (χ4n) is 3.27. The molecule has 11 heteroatoms. The highest BCUT2D eigenvalue weighted by Gasteiger charge is 2.67. The Morgan fingerprint density at radius 2 is 1.70 bits per heavy atom. The molecule has 30 heavy (non-hydrogen) atoms. The third-order valence-corrected chi connectivity index (χ3v) is 6.46. The molecule has 0 bridgehead atoms. The van der Waals surface area contributed by atoms with Gasteiger partial charge in [0.15, 0.2) is 9.84 Å². The molecule has 0 spiro atoms. The Labute approximate surface area is 173 Å². The monoisotopic (exact) mass is 438 g/mol. The molecule has 0 aromatic heterocycles. The molecule has 1 aromatic carbocycles. The van der Waals surface area contributed by atoms with Crippen molar-refractivity contribution in [3.8, 4) is 0 Å². The number of hydroxylamine groups is 2. The van der Waals surface area contributed by atoms with E-state index in [1.807, 2.05) is 0 Å². The Balaban J connectivity index is 1.77. The number of nitrogens with one attached hydrogen (secondary N) is 1. The summed E-state index contributed by atoms with van der Waals surface area (Å²) < 4.78 is 29.2. The number of sulfone groups is 1. The van der Waals surface area contributed by atoms with E-state index in [0.29, 0.717) is 5.06 Å². The van der Waals surface area contributed by atoms with Gasteiger partial charge in [0.25, 0.3) is 11.8 Å². The number of carbonyl (C=O) groups excluding carboxylic acids is 4. The predicted octanol–water partition coefficient (Wildman–Crippen LogP) is 1.07. The Kier molecular flexibility index (Phi) is 5.13. The number of rotatable bonds is 5. The molecule has 3 rings (SSSR count). The molecule has 162 valence electrons. The van der Waals surface area contributed by atoms with Crippen molar-refractivity contribution in [2.24, 2.45) is 5.41 Å². The van der Waals surface area contributed by atoms with E-state index in [9.17, 15) is 27.6 Å². The minimum Gasteiger partial charge on any atom is -0.444 e. The smallest absolute Gasteiger partial charge is 0.407 e. The lowest BCUT2D eigenvalue weighted by Gasteiger charge is -2.22. The molecular weight excluding hydrogens is 416 g/mol. The van der Waals surface area contributed by atoms with Gasteiger partial charge >= 0.3 is 12.1 Å². The number of imide groups is 1. The zero-order chi connectivity index (χ0) is 22.5. The third-order valence-electron chi connectivity index (χ3n) is 4.81. The molecule has 1 saturated carbocycles. The third kappa shape index (κ3) is 4.02. The summed E-state index contributed by atoms with van der Waals surface area (Å²) >= 11 is 0. The lowest BCUT2D eigenvalue weighted by atomic mass is 10.1. The summed E-state index contributed by atoms with van der Waals surface area (Å²) in [4.78, 5) is 54.7. The van der Waals surface area contributed by atoms with Crippen molar-refractivity contribution >= 4 is 33.7 Å². The first kappa shape index (κ1) is 21.8. The normalized spacial score (nSPS) is 23.1. The first-order chi connectivity index (χ1) is 13.8. The van der Waals surface area contributed by atoms with Crippen molar-refractivity contribution in [1.29, 1.82) is 0 Å². The van der Waals surface area contributed by atoms with Crippen molar-refractivity contribution in [1.82, 2.24) is 10.4 Å². The highest BCUT2D eigenvalue weighted by atomic mass is 32.2. The number of benzene rings is 1. The molecule has 1 aromatic rings. The molecular formula is C19H22N2O8S. The van der Waals surface area contributed by atoms with Crippen LogP contribution in [0.5, 0.6) is 0 Å². The second-order valence-electron chi connectivity index (χ2n) is 8.36. The zero-order valence-corrected chi connectivity index (χ0v) is 17.7. The predicted molar refractivity (Wildman–Crippen MR) is 103 cm³/mol. The van der Waals surface area contributed by atoms with Crippen LogP contribution in [0.4, 0.5) is 4.79 Å². The number of fused-ring (bicyclic) bond motifs is 1. The van der Waals surface area contributed by atoms with E-state index >= 15 is 0 Å². The fraction of sp³-hybridized carbons (Fsp3) is 0.474.